The molecule has 1 aliphatic rings. The fourth-order valence-electron chi connectivity index (χ4n) is 2.78. The number of rotatable bonds is 7. The summed E-state index contributed by atoms with van der Waals surface area (Å²) in [6.07, 6.45) is -0.527. The van der Waals surface area contributed by atoms with E-state index in [-0.39, 0.29) is 12.5 Å². The SMILES string of the molecule is COC(=O)[C@@H](Cc1ccc(OCC2COC(C)(C)O2)cc1)NC(=O)OC(C)(C)C. The molecule has 29 heavy (non-hydrogen) atoms. The average Bonchev–Trinajstić information content (AvgIpc) is 2.97. The van der Waals surface area contributed by atoms with Gasteiger partial charge in [0.05, 0.1) is 13.7 Å². The van der Waals surface area contributed by atoms with E-state index in [1.807, 2.05) is 26.0 Å². The third-order valence-corrected chi connectivity index (χ3v) is 4.04. The lowest BCUT2D eigenvalue weighted by atomic mass is 10.1. The Morgan fingerprint density at radius 2 is 1.90 bits per heavy atom. The topological polar surface area (TPSA) is 92.3 Å². The molecule has 1 heterocycles. The molecule has 1 aromatic rings. The molecule has 1 amide bonds. The van der Waals surface area contributed by atoms with Crippen molar-refractivity contribution in [3.63, 3.8) is 0 Å². The van der Waals surface area contributed by atoms with E-state index in [1.165, 1.54) is 7.11 Å². The van der Waals surface area contributed by atoms with Crippen LogP contribution < -0.4 is 10.1 Å². The number of hydrogen-bond donors (Lipinski definition) is 1. The van der Waals surface area contributed by atoms with Gasteiger partial charge < -0.3 is 29.0 Å². The van der Waals surface area contributed by atoms with Crippen molar-refractivity contribution in [2.24, 2.45) is 0 Å². The Morgan fingerprint density at radius 3 is 2.41 bits per heavy atom. The minimum absolute atomic E-state index is 0.119. The van der Waals surface area contributed by atoms with E-state index < -0.39 is 29.5 Å². The van der Waals surface area contributed by atoms with Crippen molar-refractivity contribution in [3.8, 4) is 5.75 Å². The van der Waals surface area contributed by atoms with Crippen molar-refractivity contribution in [3.05, 3.63) is 29.8 Å². The van der Waals surface area contributed by atoms with E-state index in [0.717, 1.165) is 5.56 Å². The molecule has 1 unspecified atom stereocenters. The molecule has 0 bridgehead atoms. The van der Waals surface area contributed by atoms with E-state index in [9.17, 15) is 9.59 Å². The van der Waals surface area contributed by atoms with Crippen molar-refractivity contribution < 1.29 is 33.3 Å². The maximum absolute atomic E-state index is 12.0. The lowest BCUT2D eigenvalue weighted by Gasteiger charge is -2.22. The van der Waals surface area contributed by atoms with Gasteiger partial charge in [-0.1, -0.05) is 12.1 Å². The molecule has 1 aromatic carbocycles. The van der Waals surface area contributed by atoms with Crippen molar-refractivity contribution in [1.29, 1.82) is 0 Å². The highest BCUT2D eigenvalue weighted by molar-refractivity contribution is 5.81. The molecule has 0 aromatic heterocycles. The number of carbonyl (C=O) groups excluding carboxylic acids is 2. The van der Waals surface area contributed by atoms with Crippen molar-refractivity contribution in [1.82, 2.24) is 5.32 Å². The molecule has 2 rings (SSSR count). The number of alkyl carbamates (subject to hydrolysis) is 1. The van der Waals surface area contributed by atoms with Gasteiger partial charge in [0.25, 0.3) is 0 Å². The number of amides is 1. The van der Waals surface area contributed by atoms with Gasteiger partial charge in [-0.3, -0.25) is 0 Å². The standard InChI is InChI=1S/C21H31NO7/c1-20(2,3)29-19(24)22-17(18(23)25-6)11-14-7-9-15(10-8-14)26-12-16-13-27-21(4,5)28-16/h7-10,16-17H,11-13H2,1-6H3,(H,22,24)/t16?,17-/m1/s1. The fourth-order valence-corrected chi connectivity index (χ4v) is 2.78. The highest BCUT2D eigenvalue weighted by atomic mass is 16.7. The zero-order chi connectivity index (χ0) is 21.7. The molecule has 0 spiro atoms. The molecule has 1 aliphatic heterocycles. The zero-order valence-corrected chi connectivity index (χ0v) is 17.9. The van der Waals surface area contributed by atoms with Crippen LogP contribution in [0.25, 0.3) is 0 Å². The molecule has 0 radical (unpaired) electrons. The fraction of sp³-hybridized carbons (Fsp3) is 0.619. The Balaban J connectivity index is 1.90. The van der Waals surface area contributed by atoms with Crippen LogP contribution in [0.5, 0.6) is 5.75 Å². The predicted octanol–water partition coefficient (Wildman–Crippen LogP) is 2.83. The van der Waals surface area contributed by atoms with Gasteiger partial charge in [-0.15, -0.1) is 0 Å². The highest BCUT2D eigenvalue weighted by Gasteiger charge is 2.33. The first kappa shape index (κ1) is 23.0. The summed E-state index contributed by atoms with van der Waals surface area (Å²) in [5.41, 5.74) is 0.179. The van der Waals surface area contributed by atoms with E-state index in [0.29, 0.717) is 19.0 Å². The highest BCUT2D eigenvalue weighted by Crippen LogP contribution is 2.23. The van der Waals surface area contributed by atoms with E-state index in [1.54, 1.807) is 32.9 Å². The average molecular weight is 409 g/mol. The summed E-state index contributed by atoms with van der Waals surface area (Å²) in [4.78, 5) is 24.1. The Labute approximate surface area is 171 Å². The molecule has 2 atom stereocenters. The van der Waals surface area contributed by atoms with Crippen LogP contribution in [0.2, 0.25) is 0 Å². The monoisotopic (exact) mass is 409 g/mol. The van der Waals surface area contributed by atoms with E-state index in [2.05, 4.69) is 5.32 Å². The van der Waals surface area contributed by atoms with Crippen LogP contribution in [0.4, 0.5) is 4.79 Å². The van der Waals surface area contributed by atoms with Gasteiger partial charge in [-0.05, 0) is 52.3 Å². The molecule has 8 nitrogen and oxygen atoms in total. The van der Waals surface area contributed by atoms with Crippen molar-refractivity contribution in [2.45, 2.75) is 64.6 Å². The number of hydrogen-bond acceptors (Lipinski definition) is 7. The number of nitrogens with one attached hydrogen (secondary N) is 1. The third-order valence-electron chi connectivity index (χ3n) is 4.04. The molecular formula is C21H31NO7. The largest absolute Gasteiger partial charge is 0.491 e. The first-order valence-electron chi connectivity index (χ1n) is 9.58. The molecule has 1 N–H and O–H groups in total. The molecule has 8 heteroatoms. The van der Waals surface area contributed by atoms with E-state index >= 15 is 0 Å². The van der Waals surface area contributed by atoms with Crippen molar-refractivity contribution in [2.75, 3.05) is 20.3 Å². The van der Waals surface area contributed by atoms with Crippen LogP contribution in [-0.4, -0.2) is 55.9 Å². The first-order chi connectivity index (χ1) is 13.5. The van der Waals surface area contributed by atoms with Gasteiger partial charge in [-0.25, -0.2) is 9.59 Å². The molecule has 0 aliphatic carbocycles. The maximum atomic E-state index is 12.0. The van der Waals surface area contributed by atoms with Crippen LogP contribution in [0, 0.1) is 0 Å². The molecule has 0 saturated carbocycles. The lowest BCUT2D eigenvalue weighted by molar-refractivity contribution is -0.143. The number of esters is 1. The van der Waals surface area contributed by atoms with Crippen LogP contribution in [0.15, 0.2) is 24.3 Å². The smallest absolute Gasteiger partial charge is 0.408 e. The van der Waals surface area contributed by atoms with Gasteiger partial charge in [0.2, 0.25) is 0 Å². The van der Waals surface area contributed by atoms with Gasteiger partial charge in [0, 0.05) is 6.42 Å². The number of benzene rings is 1. The second kappa shape index (κ2) is 9.45. The summed E-state index contributed by atoms with van der Waals surface area (Å²) in [7, 11) is 1.28. The minimum atomic E-state index is -0.854. The zero-order valence-electron chi connectivity index (χ0n) is 17.9. The molecule has 1 saturated heterocycles. The lowest BCUT2D eigenvalue weighted by Crippen LogP contribution is -2.45. The Morgan fingerprint density at radius 1 is 1.24 bits per heavy atom. The summed E-state index contributed by atoms with van der Waals surface area (Å²) >= 11 is 0. The summed E-state index contributed by atoms with van der Waals surface area (Å²) in [6.45, 7) is 9.86. The second-order valence-electron chi connectivity index (χ2n) is 8.33. The van der Waals surface area contributed by atoms with Crippen LogP contribution >= 0.6 is 0 Å². The number of methoxy groups -OCH3 is 1. The second-order valence-corrected chi connectivity index (χ2v) is 8.33. The maximum Gasteiger partial charge on any atom is 0.408 e. The van der Waals surface area contributed by atoms with Gasteiger partial charge in [0.15, 0.2) is 5.79 Å². The Kier molecular flexibility index (Phi) is 7.48. The Hall–Kier alpha value is -2.32. The number of ether oxygens (including phenoxy) is 5. The summed E-state index contributed by atoms with van der Waals surface area (Å²) < 4.78 is 27.0. The quantitative estimate of drug-likeness (QED) is 0.692. The molecule has 162 valence electrons. The normalized spacial score (nSPS) is 19.3. The summed E-state index contributed by atoms with van der Waals surface area (Å²) in [6, 6.07) is 6.42. The molecule has 1 fully saturated rings. The van der Waals surface area contributed by atoms with Gasteiger partial charge >= 0.3 is 12.1 Å². The van der Waals surface area contributed by atoms with Gasteiger partial charge in [-0.2, -0.15) is 0 Å². The van der Waals surface area contributed by atoms with Crippen LogP contribution in [0.3, 0.4) is 0 Å². The van der Waals surface area contributed by atoms with E-state index in [4.69, 9.17) is 23.7 Å². The summed E-state index contributed by atoms with van der Waals surface area (Å²) in [5, 5.41) is 2.56. The first-order valence-corrected chi connectivity index (χ1v) is 9.58. The Bertz CT molecular complexity index is 694. The summed E-state index contributed by atoms with van der Waals surface area (Å²) in [5.74, 6) is -0.448. The third kappa shape index (κ3) is 7.91. The van der Waals surface area contributed by atoms with Crippen LogP contribution in [-0.2, 0) is 30.2 Å². The molecular weight excluding hydrogens is 378 g/mol. The van der Waals surface area contributed by atoms with Gasteiger partial charge in [0.1, 0.15) is 30.1 Å². The number of carbonyl (C=O) groups is 2. The predicted molar refractivity (Wildman–Crippen MR) is 106 cm³/mol. The minimum Gasteiger partial charge on any atom is -0.491 e. The van der Waals surface area contributed by atoms with Crippen molar-refractivity contribution >= 4 is 12.1 Å². The van der Waals surface area contributed by atoms with Crippen LogP contribution in [0.1, 0.15) is 40.2 Å².